The second-order valence-corrected chi connectivity index (χ2v) is 5.24. The predicted molar refractivity (Wildman–Crippen MR) is 84.8 cm³/mol. The Balaban J connectivity index is 2.88. The standard InChI is InChI=1S/C16H23N3O2/c1-3-11-8-13-12(4-5-17)10(2)19(7-6-18)15(13)14(9-11)16(20)21/h8-9H,3-7,17-18H2,1-2H3,(H,20,21). The van der Waals surface area contributed by atoms with Gasteiger partial charge in [-0.2, -0.15) is 0 Å². The van der Waals surface area contributed by atoms with Gasteiger partial charge in [-0.3, -0.25) is 0 Å². The van der Waals surface area contributed by atoms with E-state index in [0.717, 1.165) is 40.6 Å². The monoisotopic (exact) mass is 289 g/mol. The minimum atomic E-state index is -0.898. The van der Waals surface area contributed by atoms with E-state index in [1.165, 1.54) is 0 Å². The van der Waals surface area contributed by atoms with Crippen LogP contribution in [-0.2, 0) is 19.4 Å². The molecule has 0 saturated carbocycles. The molecule has 5 heteroatoms. The van der Waals surface area contributed by atoms with Crippen LogP contribution in [0.1, 0.15) is 34.1 Å². The highest BCUT2D eigenvalue weighted by Crippen LogP contribution is 2.30. The Labute approximate surface area is 124 Å². The van der Waals surface area contributed by atoms with Gasteiger partial charge in [0.05, 0.1) is 11.1 Å². The number of rotatable bonds is 6. The van der Waals surface area contributed by atoms with Gasteiger partial charge < -0.3 is 21.1 Å². The minimum absolute atomic E-state index is 0.351. The number of nitrogens with two attached hydrogens (primary N) is 2. The van der Waals surface area contributed by atoms with Gasteiger partial charge in [-0.1, -0.05) is 6.92 Å². The van der Waals surface area contributed by atoms with E-state index in [0.29, 0.717) is 25.2 Å². The number of hydrogen-bond donors (Lipinski definition) is 3. The van der Waals surface area contributed by atoms with Crippen molar-refractivity contribution in [3.8, 4) is 0 Å². The highest BCUT2D eigenvalue weighted by molar-refractivity contribution is 6.04. The second-order valence-electron chi connectivity index (χ2n) is 5.24. The molecular formula is C16H23N3O2. The lowest BCUT2D eigenvalue weighted by molar-refractivity contribution is 0.0698. The van der Waals surface area contributed by atoms with Gasteiger partial charge in [0.1, 0.15) is 0 Å². The second kappa shape index (κ2) is 6.28. The summed E-state index contributed by atoms with van der Waals surface area (Å²) in [6.45, 7) is 5.66. The van der Waals surface area contributed by atoms with E-state index in [1.54, 1.807) is 6.07 Å². The SMILES string of the molecule is CCc1cc(C(=O)O)c2c(c1)c(CCN)c(C)n2CCN. The van der Waals surface area contributed by atoms with Crippen LogP contribution < -0.4 is 11.5 Å². The Hall–Kier alpha value is -1.85. The lowest BCUT2D eigenvalue weighted by Crippen LogP contribution is -2.13. The summed E-state index contributed by atoms with van der Waals surface area (Å²) in [7, 11) is 0. The molecule has 0 aliphatic carbocycles. The van der Waals surface area contributed by atoms with E-state index in [4.69, 9.17) is 11.5 Å². The molecule has 5 N–H and O–H groups in total. The van der Waals surface area contributed by atoms with Crippen molar-refractivity contribution in [2.45, 2.75) is 33.2 Å². The first-order valence-corrected chi connectivity index (χ1v) is 7.33. The normalized spacial score (nSPS) is 11.2. The van der Waals surface area contributed by atoms with Crippen LogP contribution in [0.5, 0.6) is 0 Å². The fraction of sp³-hybridized carbons (Fsp3) is 0.438. The number of aromatic carboxylic acids is 1. The molecule has 1 aromatic carbocycles. The van der Waals surface area contributed by atoms with Crippen LogP contribution in [0.15, 0.2) is 12.1 Å². The number of fused-ring (bicyclic) bond motifs is 1. The maximum absolute atomic E-state index is 11.6. The number of benzene rings is 1. The summed E-state index contributed by atoms with van der Waals surface area (Å²) < 4.78 is 2.02. The lowest BCUT2D eigenvalue weighted by Gasteiger charge is -2.09. The van der Waals surface area contributed by atoms with Crippen molar-refractivity contribution in [3.63, 3.8) is 0 Å². The minimum Gasteiger partial charge on any atom is -0.478 e. The van der Waals surface area contributed by atoms with Crippen LogP contribution in [-0.4, -0.2) is 28.7 Å². The zero-order valence-corrected chi connectivity index (χ0v) is 12.6. The number of nitrogens with zero attached hydrogens (tertiary/aromatic N) is 1. The first-order valence-electron chi connectivity index (χ1n) is 7.33. The molecule has 0 bridgehead atoms. The summed E-state index contributed by atoms with van der Waals surface area (Å²) in [5.41, 5.74) is 15.8. The van der Waals surface area contributed by atoms with Gasteiger partial charge in [0, 0.05) is 24.2 Å². The Morgan fingerprint density at radius 1 is 1.29 bits per heavy atom. The highest BCUT2D eigenvalue weighted by Gasteiger charge is 2.20. The zero-order chi connectivity index (χ0) is 15.6. The van der Waals surface area contributed by atoms with Crippen LogP contribution in [0.4, 0.5) is 0 Å². The molecule has 2 aromatic rings. The van der Waals surface area contributed by atoms with Crippen molar-refractivity contribution in [2.75, 3.05) is 13.1 Å². The first-order chi connectivity index (χ1) is 10.0. The molecule has 0 unspecified atom stereocenters. The largest absolute Gasteiger partial charge is 0.478 e. The molecule has 21 heavy (non-hydrogen) atoms. The topological polar surface area (TPSA) is 94.3 Å². The van der Waals surface area contributed by atoms with Crippen molar-refractivity contribution >= 4 is 16.9 Å². The molecule has 0 aliphatic heterocycles. The van der Waals surface area contributed by atoms with Crippen LogP contribution in [0.3, 0.4) is 0 Å². The molecule has 0 aliphatic rings. The average molecular weight is 289 g/mol. The molecule has 2 rings (SSSR count). The summed E-state index contributed by atoms with van der Waals surface area (Å²) in [4.78, 5) is 11.6. The number of carboxylic acid groups (broad SMARTS) is 1. The molecule has 0 amide bonds. The molecule has 5 nitrogen and oxygen atoms in total. The van der Waals surface area contributed by atoms with Gasteiger partial charge in [-0.15, -0.1) is 0 Å². The van der Waals surface area contributed by atoms with Gasteiger partial charge in [0.25, 0.3) is 0 Å². The smallest absolute Gasteiger partial charge is 0.337 e. The highest BCUT2D eigenvalue weighted by atomic mass is 16.4. The van der Waals surface area contributed by atoms with Gasteiger partial charge >= 0.3 is 5.97 Å². The number of carbonyl (C=O) groups is 1. The van der Waals surface area contributed by atoms with Gasteiger partial charge in [-0.05, 0) is 49.6 Å². The summed E-state index contributed by atoms with van der Waals surface area (Å²) in [6, 6.07) is 3.86. The molecule has 0 saturated heterocycles. The first kappa shape index (κ1) is 15.5. The van der Waals surface area contributed by atoms with Crippen LogP contribution in [0, 0.1) is 6.92 Å². The molecule has 0 atom stereocenters. The third-order valence-electron chi connectivity index (χ3n) is 3.99. The van der Waals surface area contributed by atoms with Gasteiger partial charge in [-0.25, -0.2) is 4.79 Å². The van der Waals surface area contributed by atoms with Crippen molar-refractivity contribution in [1.29, 1.82) is 0 Å². The van der Waals surface area contributed by atoms with Crippen molar-refractivity contribution < 1.29 is 9.90 Å². The molecular weight excluding hydrogens is 266 g/mol. The maximum atomic E-state index is 11.6. The Morgan fingerprint density at radius 3 is 2.52 bits per heavy atom. The lowest BCUT2D eigenvalue weighted by atomic mass is 10.0. The number of aromatic nitrogens is 1. The molecule has 0 fully saturated rings. The van der Waals surface area contributed by atoms with Gasteiger partial charge in [0.15, 0.2) is 0 Å². The third kappa shape index (κ3) is 2.66. The fourth-order valence-corrected chi connectivity index (χ4v) is 2.98. The summed E-state index contributed by atoms with van der Waals surface area (Å²) in [6.07, 6.45) is 1.55. The Bertz CT molecular complexity index is 674. The van der Waals surface area contributed by atoms with Crippen molar-refractivity contribution in [2.24, 2.45) is 11.5 Å². The van der Waals surface area contributed by atoms with Crippen LogP contribution in [0.25, 0.3) is 10.9 Å². The van der Waals surface area contributed by atoms with Crippen molar-refractivity contribution in [3.05, 3.63) is 34.5 Å². The van der Waals surface area contributed by atoms with Crippen molar-refractivity contribution in [1.82, 2.24) is 4.57 Å². The Kier molecular flexibility index (Phi) is 4.65. The maximum Gasteiger partial charge on any atom is 0.337 e. The van der Waals surface area contributed by atoms with Crippen LogP contribution >= 0.6 is 0 Å². The summed E-state index contributed by atoms with van der Waals surface area (Å²) in [5, 5.41) is 10.6. The van der Waals surface area contributed by atoms with Crippen LogP contribution in [0.2, 0.25) is 0 Å². The number of carboxylic acids is 1. The summed E-state index contributed by atoms with van der Waals surface area (Å²) >= 11 is 0. The van der Waals surface area contributed by atoms with E-state index in [-0.39, 0.29) is 0 Å². The van der Waals surface area contributed by atoms with E-state index in [9.17, 15) is 9.90 Å². The molecule has 1 aromatic heterocycles. The fourth-order valence-electron chi connectivity index (χ4n) is 2.98. The molecule has 0 radical (unpaired) electrons. The third-order valence-corrected chi connectivity index (χ3v) is 3.99. The van der Waals surface area contributed by atoms with E-state index in [1.807, 2.05) is 18.4 Å². The molecule has 114 valence electrons. The zero-order valence-electron chi connectivity index (χ0n) is 12.6. The van der Waals surface area contributed by atoms with E-state index in [2.05, 4.69) is 6.07 Å². The molecule has 1 heterocycles. The number of aryl methyl sites for hydroxylation is 1. The van der Waals surface area contributed by atoms with E-state index >= 15 is 0 Å². The average Bonchev–Trinajstić information content (AvgIpc) is 2.72. The number of hydrogen-bond acceptors (Lipinski definition) is 3. The quantitative estimate of drug-likeness (QED) is 0.754. The predicted octanol–water partition coefficient (Wildman–Crippen LogP) is 1.67. The Morgan fingerprint density at radius 2 is 2.00 bits per heavy atom. The van der Waals surface area contributed by atoms with Gasteiger partial charge in [0.2, 0.25) is 0 Å². The summed E-state index contributed by atoms with van der Waals surface area (Å²) in [5.74, 6) is -0.898. The molecule has 0 spiro atoms. The van der Waals surface area contributed by atoms with E-state index < -0.39 is 5.97 Å².